The van der Waals surface area contributed by atoms with Crippen LogP contribution in [0.15, 0.2) is 11.6 Å². The number of carboxylic acid groups (broad SMARTS) is 1. The number of Topliss-reactive ketones (excluding diaryl/α,β-unsaturated/α-hetero) is 1. The number of aliphatic carboxylic acids is 1. The summed E-state index contributed by atoms with van der Waals surface area (Å²) >= 11 is 3.39. The number of carboxylic acids is 1. The lowest BCUT2D eigenvalue weighted by Gasteiger charge is -1.99. The van der Waals surface area contributed by atoms with E-state index in [1.807, 2.05) is 6.08 Å². The lowest BCUT2D eigenvalue weighted by molar-refractivity contribution is -0.137. The van der Waals surface area contributed by atoms with Crippen LogP contribution >= 0.6 is 15.9 Å². The molecule has 1 N–H and O–H groups in total. The van der Waals surface area contributed by atoms with Crippen molar-refractivity contribution in [3.05, 3.63) is 11.6 Å². The van der Waals surface area contributed by atoms with Crippen LogP contribution in [0.25, 0.3) is 0 Å². The topological polar surface area (TPSA) is 54.4 Å². The highest BCUT2D eigenvalue weighted by atomic mass is 79.9. The molecule has 3 nitrogen and oxygen atoms in total. The van der Waals surface area contributed by atoms with Gasteiger partial charge in [-0.2, -0.15) is 0 Å². The number of hydrogen-bond acceptors (Lipinski definition) is 2. The predicted molar refractivity (Wildman–Crippen MR) is 61.1 cm³/mol. The molecule has 0 fully saturated rings. The number of halogens is 1. The van der Waals surface area contributed by atoms with Crippen molar-refractivity contribution >= 4 is 27.7 Å². The summed E-state index contributed by atoms with van der Waals surface area (Å²) in [6.45, 7) is 0. The second-order valence-electron chi connectivity index (χ2n) is 3.79. The molecule has 1 aliphatic rings. The van der Waals surface area contributed by atoms with E-state index in [-0.39, 0.29) is 17.0 Å². The Morgan fingerprint density at radius 1 is 1.47 bits per heavy atom. The first-order valence-electron chi connectivity index (χ1n) is 5.19. The van der Waals surface area contributed by atoms with E-state index in [4.69, 9.17) is 5.11 Å². The predicted octanol–water partition coefficient (Wildman–Crippen LogP) is 2.68. The van der Waals surface area contributed by atoms with Crippen molar-refractivity contribution in [2.45, 2.75) is 43.4 Å². The third kappa shape index (κ3) is 4.60. The van der Waals surface area contributed by atoms with Crippen molar-refractivity contribution < 1.29 is 14.7 Å². The summed E-state index contributed by atoms with van der Waals surface area (Å²) in [5.41, 5.74) is 0.909. The Morgan fingerprint density at radius 3 is 2.73 bits per heavy atom. The Bertz CT molecular complexity index is 284. The molecule has 0 aromatic heterocycles. The number of allylic oxidation sites excluding steroid dienone is 2. The molecule has 0 aromatic carbocycles. The summed E-state index contributed by atoms with van der Waals surface area (Å²) in [6.07, 6.45) is 6.06. The van der Waals surface area contributed by atoms with Crippen molar-refractivity contribution in [2.24, 2.45) is 0 Å². The quantitative estimate of drug-likeness (QED) is 0.599. The zero-order valence-electron chi connectivity index (χ0n) is 8.54. The maximum absolute atomic E-state index is 11.4. The summed E-state index contributed by atoms with van der Waals surface area (Å²) in [7, 11) is 0. The molecule has 0 heterocycles. The smallest absolute Gasteiger partial charge is 0.303 e. The van der Waals surface area contributed by atoms with Crippen molar-refractivity contribution in [3.8, 4) is 0 Å². The maximum atomic E-state index is 11.4. The molecular weight excluding hydrogens is 260 g/mol. The fraction of sp³-hybridized carbons (Fsp3) is 0.636. The molecule has 0 saturated carbocycles. The van der Waals surface area contributed by atoms with E-state index in [0.29, 0.717) is 12.8 Å². The average molecular weight is 275 g/mol. The van der Waals surface area contributed by atoms with E-state index in [2.05, 4.69) is 15.9 Å². The van der Waals surface area contributed by atoms with E-state index in [9.17, 15) is 9.59 Å². The number of carbonyl (C=O) groups is 2. The number of ketones is 1. The van der Waals surface area contributed by atoms with Gasteiger partial charge in [-0.15, -0.1) is 0 Å². The van der Waals surface area contributed by atoms with Gasteiger partial charge in [-0.25, -0.2) is 0 Å². The molecule has 0 aliphatic heterocycles. The van der Waals surface area contributed by atoms with Gasteiger partial charge in [0.2, 0.25) is 0 Å². The van der Waals surface area contributed by atoms with Gasteiger partial charge < -0.3 is 5.11 Å². The second kappa shape index (κ2) is 6.05. The van der Waals surface area contributed by atoms with E-state index in [1.165, 1.54) is 0 Å². The fourth-order valence-electron chi connectivity index (χ4n) is 1.67. The summed E-state index contributed by atoms with van der Waals surface area (Å²) in [5.74, 6) is -0.512. The molecule has 1 unspecified atom stereocenters. The zero-order chi connectivity index (χ0) is 11.3. The molecule has 1 aliphatic carbocycles. The number of hydrogen-bond donors (Lipinski definition) is 1. The molecule has 0 amide bonds. The first-order chi connectivity index (χ1) is 7.09. The Labute approximate surface area is 97.7 Å². The molecule has 1 rings (SSSR count). The van der Waals surface area contributed by atoms with Gasteiger partial charge in [-0.05, 0) is 24.8 Å². The minimum Gasteiger partial charge on any atom is -0.481 e. The SMILES string of the molecule is O=C(O)CCCCCC1=CC(Br)CC1=O. The van der Waals surface area contributed by atoms with Gasteiger partial charge >= 0.3 is 5.97 Å². The average Bonchev–Trinajstić information content (AvgIpc) is 2.44. The van der Waals surface area contributed by atoms with E-state index in [1.54, 1.807) is 0 Å². The van der Waals surface area contributed by atoms with Gasteiger partial charge in [0.1, 0.15) is 0 Å². The van der Waals surface area contributed by atoms with Gasteiger partial charge in [-0.3, -0.25) is 9.59 Å². The molecule has 1 atom stereocenters. The van der Waals surface area contributed by atoms with Gasteiger partial charge in [0, 0.05) is 17.7 Å². The van der Waals surface area contributed by atoms with Crippen LogP contribution in [-0.2, 0) is 9.59 Å². The van der Waals surface area contributed by atoms with Crippen LogP contribution in [0.1, 0.15) is 38.5 Å². The van der Waals surface area contributed by atoms with Gasteiger partial charge in [0.25, 0.3) is 0 Å². The largest absolute Gasteiger partial charge is 0.481 e. The minimum absolute atomic E-state index is 0.207. The summed E-state index contributed by atoms with van der Waals surface area (Å²) in [5, 5.41) is 8.43. The molecule has 0 radical (unpaired) electrons. The Hall–Kier alpha value is -0.640. The van der Waals surface area contributed by atoms with Crippen molar-refractivity contribution in [1.82, 2.24) is 0 Å². The Balaban J connectivity index is 2.13. The first-order valence-corrected chi connectivity index (χ1v) is 6.11. The molecular formula is C11H15BrO3. The van der Waals surface area contributed by atoms with Crippen molar-refractivity contribution in [1.29, 1.82) is 0 Å². The third-order valence-electron chi connectivity index (χ3n) is 2.46. The van der Waals surface area contributed by atoms with Crippen LogP contribution in [0.4, 0.5) is 0 Å². The third-order valence-corrected chi connectivity index (χ3v) is 3.05. The molecule has 15 heavy (non-hydrogen) atoms. The molecule has 0 spiro atoms. The van der Waals surface area contributed by atoms with Gasteiger partial charge in [-0.1, -0.05) is 28.4 Å². The first kappa shape index (κ1) is 12.4. The molecule has 0 saturated heterocycles. The lowest BCUT2D eigenvalue weighted by Crippen LogP contribution is -1.98. The summed E-state index contributed by atoms with van der Waals surface area (Å²) in [6, 6.07) is 0. The number of unbranched alkanes of at least 4 members (excludes halogenated alkanes) is 2. The number of alkyl halides is 1. The molecule has 4 heteroatoms. The highest BCUT2D eigenvalue weighted by molar-refractivity contribution is 9.09. The van der Waals surface area contributed by atoms with Crippen LogP contribution in [0.3, 0.4) is 0 Å². The highest BCUT2D eigenvalue weighted by Gasteiger charge is 2.20. The van der Waals surface area contributed by atoms with Crippen LogP contribution in [-0.4, -0.2) is 21.7 Å². The fourth-order valence-corrected chi connectivity index (χ4v) is 2.28. The lowest BCUT2D eigenvalue weighted by atomic mass is 10.1. The van der Waals surface area contributed by atoms with Gasteiger partial charge in [0.05, 0.1) is 0 Å². The van der Waals surface area contributed by atoms with Crippen LogP contribution in [0.2, 0.25) is 0 Å². The Kier molecular flexibility index (Phi) is 5.02. The molecule has 84 valence electrons. The summed E-state index contributed by atoms with van der Waals surface area (Å²) in [4.78, 5) is 21.8. The van der Waals surface area contributed by atoms with Crippen LogP contribution < -0.4 is 0 Å². The summed E-state index contributed by atoms with van der Waals surface area (Å²) < 4.78 is 0. The molecule has 0 aromatic rings. The highest BCUT2D eigenvalue weighted by Crippen LogP contribution is 2.24. The van der Waals surface area contributed by atoms with Crippen molar-refractivity contribution in [3.63, 3.8) is 0 Å². The minimum atomic E-state index is -0.744. The maximum Gasteiger partial charge on any atom is 0.303 e. The zero-order valence-corrected chi connectivity index (χ0v) is 10.1. The standard InChI is InChI=1S/C11H15BrO3/c12-9-6-8(10(13)7-9)4-2-1-3-5-11(14)15/h6,9H,1-5,7H2,(H,14,15). The Morgan fingerprint density at radius 2 is 2.20 bits per heavy atom. The van der Waals surface area contributed by atoms with Crippen LogP contribution in [0, 0.1) is 0 Å². The second-order valence-corrected chi connectivity index (χ2v) is 4.97. The monoisotopic (exact) mass is 274 g/mol. The van der Waals surface area contributed by atoms with E-state index >= 15 is 0 Å². The molecule has 0 bridgehead atoms. The normalized spacial score (nSPS) is 20.5. The van der Waals surface area contributed by atoms with Crippen molar-refractivity contribution in [2.75, 3.05) is 0 Å². The number of rotatable bonds is 6. The number of carbonyl (C=O) groups excluding carboxylic acids is 1. The van der Waals surface area contributed by atoms with Crippen LogP contribution in [0.5, 0.6) is 0 Å². The van der Waals surface area contributed by atoms with Gasteiger partial charge in [0.15, 0.2) is 5.78 Å². The van der Waals surface area contributed by atoms with E-state index in [0.717, 1.165) is 24.8 Å². The van der Waals surface area contributed by atoms with E-state index < -0.39 is 5.97 Å².